The van der Waals surface area contributed by atoms with Gasteiger partial charge in [-0.15, -0.1) is 0 Å². The van der Waals surface area contributed by atoms with Gasteiger partial charge in [-0.05, 0) is 25.0 Å². The second-order valence-electron chi connectivity index (χ2n) is 4.81. The first-order valence-corrected chi connectivity index (χ1v) is 7.97. The van der Waals surface area contributed by atoms with Crippen LogP contribution in [0.5, 0.6) is 0 Å². The van der Waals surface area contributed by atoms with E-state index in [1.54, 1.807) is 0 Å². The summed E-state index contributed by atoms with van der Waals surface area (Å²) >= 11 is 1.48. The Morgan fingerprint density at radius 2 is 2.05 bits per heavy atom. The van der Waals surface area contributed by atoms with Crippen LogP contribution in [-0.2, 0) is 11.8 Å². The predicted molar refractivity (Wildman–Crippen MR) is 84.0 cm³/mol. The van der Waals surface area contributed by atoms with Crippen molar-refractivity contribution in [3.05, 3.63) is 24.3 Å². The smallest absolute Gasteiger partial charge is 0.230 e. The molecular formula is C15H21N3OS. The molecule has 5 heteroatoms. The lowest BCUT2D eigenvalue weighted by molar-refractivity contribution is -0.119. The zero-order valence-corrected chi connectivity index (χ0v) is 13.0. The zero-order chi connectivity index (χ0) is 14.5. The molecule has 20 heavy (non-hydrogen) atoms. The number of aromatic nitrogens is 2. The molecule has 1 aromatic heterocycles. The number of carbonyl (C=O) groups excluding carboxylic acids is 1. The van der Waals surface area contributed by atoms with Crippen LogP contribution in [0.4, 0.5) is 0 Å². The lowest BCUT2D eigenvalue weighted by atomic mass is 10.2. The minimum atomic E-state index is 0.0794. The fourth-order valence-corrected chi connectivity index (χ4v) is 2.94. The predicted octanol–water partition coefficient (Wildman–Crippen LogP) is 2.97. The van der Waals surface area contributed by atoms with Crippen molar-refractivity contribution in [3.8, 4) is 0 Å². The van der Waals surface area contributed by atoms with E-state index in [0.29, 0.717) is 5.75 Å². The minimum absolute atomic E-state index is 0.0794. The quantitative estimate of drug-likeness (QED) is 0.832. The van der Waals surface area contributed by atoms with Gasteiger partial charge in [-0.3, -0.25) is 4.79 Å². The summed E-state index contributed by atoms with van der Waals surface area (Å²) in [5.74, 6) is 0.490. The number of rotatable bonds is 6. The molecule has 0 aliphatic rings. The van der Waals surface area contributed by atoms with Crippen LogP contribution in [0.25, 0.3) is 11.0 Å². The summed E-state index contributed by atoms with van der Waals surface area (Å²) in [6.07, 6.45) is 1.94. The Bertz CT molecular complexity index is 590. The maximum atomic E-state index is 11.9. The van der Waals surface area contributed by atoms with E-state index >= 15 is 0 Å². The number of hydrogen-bond acceptors (Lipinski definition) is 3. The van der Waals surface area contributed by atoms with Crippen LogP contribution < -0.4 is 5.32 Å². The number of amides is 1. The summed E-state index contributed by atoms with van der Waals surface area (Å²) in [7, 11) is 1.98. The molecule has 1 aromatic carbocycles. The Hall–Kier alpha value is -1.49. The van der Waals surface area contributed by atoms with Crippen LogP contribution in [0, 0.1) is 0 Å². The maximum absolute atomic E-state index is 11.9. The maximum Gasteiger partial charge on any atom is 0.230 e. The minimum Gasteiger partial charge on any atom is -0.353 e. The van der Waals surface area contributed by atoms with Gasteiger partial charge in [0.15, 0.2) is 5.16 Å². The van der Waals surface area contributed by atoms with Crippen LogP contribution in [0.1, 0.15) is 26.7 Å². The summed E-state index contributed by atoms with van der Waals surface area (Å²) in [5.41, 5.74) is 2.06. The van der Waals surface area contributed by atoms with Crippen molar-refractivity contribution < 1.29 is 4.79 Å². The average molecular weight is 291 g/mol. The Kier molecular flexibility index (Phi) is 5.06. The summed E-state index contributed by atoms with van der Waals surface area (Å²) in [5, 5.41) is 3.92. The molecule has 4 nitrogen and oxygen atoms in total. The summed E-state index contributed by atoms with van der Waals surface area (Å²) in [6.45, 7) is 4.18. The number of hydrogen-bond donors (Lipinski definition) is 1. The number of aryl methyl sites for hydroxylation is 1. The number of nitrogens with one attached hydrogen (secondary N) is 1. The normalized spacial score (nSPS) is 11.2. The van der Waals surface area contributed by atoms with Gasteiger partial charge in [0.1, 0.15) is 0 Å². The highest BCUT2D eigenvalue weighted by atomic mass is 32.2. The summed E-state index contributed by atoms with van der Waals surface area (Å²) in [6, 6.07) is 8.28. The van der Waals surface area contributed by atoms with Crippen molar-refractivity contribution in [3.63, 3.8) is 0 Å². The van der Waals surface area contributed by atoms with Gasteiger partial charge in [0, 0.05) is 13.1 Å². The number of para-hydroxylation sites is 2. The third-order valence-corrected chi connectivity index (χ3v) is 4.46. The largest absolute Gasteiger partial charge is 0.353 e. The molecule has 0 atom stereocenters. The first-order chi connectivity index (χ1) is 9.65. The second-order valence-corrected chi connectivity index (χ2v) is 5.75. The van der Waals surface area contributed by atoms with Gasteiger partial charge in [0.05, 0.1) is 16.8 Å². The highest BCUT2D eigenvalue weighted by Gasteiger charge is 2.12. The van der Waals surface area contributed by atoms with E-state index in [0.717, 1.165) is 29.0 Å². The molecule has 0 saturated carbocycles. The van der Waals surface area contributed by atoms with Crippen LogP contribution in [0.3, 0.4) is 0 Å². The van der Waals surface area contributed by atoms with E-state index in [1.165, 1.54) is 11.8 Å². The van der Waals surface area contributed by atoms with Crippen molar-refractivity contribution in [1.29, 1.82) is 0 Å². The number of benzene rings is 1. The van der Waals surface area contributed by atoms with Gasteiger partial charge >= 0.3 is 0 Å². The second kappa shape index (κ2) is 6.79. The number of thioether (sulfide) groups is 1. The van der Waals surface area contributed by atoms with Crippen LogP contribution >= 0.6 is 11.8 Å². The monoisotopic (exact) mass is 291 g/mol. The van der Waals surface area contributed by atoms with E-state index in [-0.39, 0.29) is 11.9 Å². The van der Waals surface area contributed by atoms with Gasteiger partial charge < -0.3 is 9.88 Å². The molecule has 0 saturated heterocycles. The Morgan fingerprint density at radius 1 is 1.35 bits per heavy atom. The fraction of sp³-hybridized carbons (Fsp3) is 0.467. The van der Waals surface area contributed by atoms with Crippen molar-refractivity contribution in [2.45, 2.75) is 37.9 Å². The molecule has 1 heterocycles. The Labute approximate surface area is 124 Å². The van der Waals surface area contributed by atoms with E-state index in [4.69, 9.17) is 0 Å². The summed E-state index contributed by atoms with van der Waals surface area (Å²) < 4.78 is 2.03. The number of fused-ring (bicyclic) bond motifs is 1. The molecule has 2 rings (SSSR count). The Balaban J connectivity index is 1.99. The van der Waals surface area contributed by atoms with Crippen molar-refractivity contribution in [2.24, 2.45) is 7.05 Å². The molecule has 2 aromatic rings. The lowest BCUT2D eigenvalue weighted by Crippen LogP contribution is -2.35. The molecule has 0 radical (unpaired) electrons. The Morgan fingerprint density at radius 3 is 2.70 bits per heavy atom. The number of carbonyl (C=O) groups is 1. The molecule has 0 aliphatic carbocycles. The van der Waals surface area contributed by atoms with Gasteiger partial charge in [0.2, 0.25) is 5.91 Å². The lowest BCUT2D eigenvalue weighted by Gasteiger charge is -2.14. The molecule has 108 valence electrons. The number of imidazole rings is 1. The standard InChI is InChI=1S/C15H21N3OS/c1-4-11(5-2)16-14(19)10-20-15-17-12-8-6-7-9-13(12)18(15)3/h6-9,11H,4-5,10H2,1-3H3,(H,16,19). The zero-order valence-electron chi connectivity index (χ0n) is 12.2. The third-order valence-electron chi connectivity index (χ3n) is 3.43. The van der Waals surface area contributed by atoms with Gasteiger partial charge in [-0.25, -0.2) is 4.98 Å². The average Bonchev–Trinajstić information content (AvgIpc) is 2.79. The topological polar surface area (TPSA) is 46.9 Å². The molecule has 0 spiro atoms. The van der Waals surface area contributed by atoms with Gasteiger partial charge in [-0.2, -0.15) is 0 Å². The van der Waals surface area contributed by atoms with Crippen molar-refractivity contribution in [2.75, 3.05) is 5.75 Å². The van der Waals surface area contributed by atoms with Crippen LogP contribution in [-0.4, -0.2) is 27.3 Å². The third kappa shape index (κ3) is 3.33. The van der Waals surface area contributed by atoms with Crippen molar-refractivity contribution in [1.82, 2.24) is 14.9 Å². The molecular weight excluding hydrogens is 270 g/mol. The van der Waals surface area contributed by atoms with Crippen LogP contribution in [0.2, 0.25) is 0 Å². The van der Waals surface area contributed by atoms with E-state index in [9.17, 15) is 4.79 Å². The SMILES string of the molecule is CCC(CC)NC(=O)CSc1nc2ccccc2n1C. The molecule has 0 aliphatic heterocycles. The summed E-state index contributed by atoms with van der Waals surface area (Å²) in [4.78, 5) is 16.5. The molecule has 0 unspecified atom stereocenters. The number of nitrogens with zero attached hydrogens (tertiary/aromatic N) is 2. The molecule has 1 N–H and O–H groups in total. The molecule has 0 bridgehead atoms. The molecule has 1 amide bonds. The first-order valence-electron chi connectivity index (χ1n) is 6.99. The van der Waals surface area contributed by atoms with E-state index in [1.807, 2.05) is 35.9 Å². The molecule has 0 fully saturated rings. The highest BCUT2D eigenvalue weighted by Crippen LogP contribution is 2.22. The fourth-order valence-electron chi connectivity index (χ4n) is 2.14. The van der Waals surface area contributed by atoms with Gasteiger partial charge in [-0.1, -0.05) is 37.7 Å². The van der Waals surface area contributed by atoms with Crippen LogP contribution in [0.15, 0.2) is 29.4 Å². The van der Waals surface area contributed by atoms with Gasteiger partial charge in [0.25, 0.3) is 0 Å². The van der Waals surface area contributed by atoms with E-state index < -0.39 is 0 Å². The first kappa shape index (κ1) is 14.9. The van der Waals surface area contributed by atoms with E-state index in [2.05, 4.69) is 24.1 Å². The van der Waals surface area contributed by atoms with Crippen molar-refractivity contribution >= 4 is 28.7 Å². The highest BCUT2D eigenvalue weighted by molar-refractivity contribution is 7.99.